The lowest BCUT2D eigenvalue weighted by Crippen LogP contribution is -2.43. The lowest BCUT2D eigenvalue weighted by atomic mass is 10.2. The highest BCUT2D eigenvalue weighted by atomic mass is 16.6. The van der Waals surface area contributed by atoms with Crippen molar-refractivity contribution in [2.24, 2.45) is 0 Å². The summed E-state index contributed by atoms with van der Waals surface area (Å²) in [5.41, 5.74) is -0.701. The zero-order chi connectivity index (χ0) is 18.2. The van der Waals surface area contributed by atoms with Gasteiger partial charge in [0.25, 0.3) is 0 Å². The number of carbonyl (C=O) groups excluding carboxylic acids is 1. The predicted octanol–water partition coefficient (Wildman–Crippen LogP) is 0.965. The highest BCUT2D eigenvalue weighted by molar-refractivity contribution is 5.68. The number of β-amino-alcohol motifs (C(OH)–C–C–N with tert-alkyl or cyclic N) is 1. The Morgan fingerprint density at radius 2 is 2.18 bits per heavy atom. The Labute approximate surface area is 112 Å². The van der Waals surface area contributed by atoms with Gasteiger partial charge in [-0.1, -0.05) is 13.7 Å². The average Bonchev–Trinajstić information content (AvgIpc) is 2.62. The molecule has 0 aromatic carbocycles. The summed E-state index contributed by atoms with van der Waals surface area (Å²) in [6.45, 7) is -0.500. The number of aliphatic hydroxyl groups excluding tert-OH is 1. The molecule has 0 bridgehead atoms. The van der Waals surface area contributed by atoms with Crippen LogP contribution in [0.5, 0.6) is 0 Å². The van der Waals surface area contributed by atoms with Crippen molar-refractivity contribution in [3.8, 4) is 0 Å². The van der Waals surface area contributed by atoms with E-state index in [1.807, 2.05) is 0 Å². The van der Waals surface area contributed by atoms with Crippen molar-refractivity contribution in [3.05, 3.63) is 0 Å². The molecule has 2 atom stereocenters. The van der Waals surface area contributed by atoms with Crippen LogP contribution in [0, 0.1) is 0 Å². The number of nitrogens with one attached hydrogen (secondary N) is 1. The number of carbonyl (C=O) groups is 1. The van der Waals surface area contributed by atoms with Crippen LogP contribution in [0.4, 0.5) is 4.79 Å². The van der Waals surface area contributed by atoms with E-state index in [0.29, 0.717) is 0 Å². The molecule has 100 valence electrons. The summed E-state index contributed by atoms with van der Waals surface area (Å²) in [6, 6.07) is -2.64. The van der Waals surface area contributed by atoms with Crippen molar-refractivity contribution in [2.45, 2.75) is 58.3 Å². The second-order valence-corrected chi connectivity index (χ2v) is 5.16. The number of ether oxygens (including phenoxy) is 1. The number of likely N-dealkylation sites (tertiary alicyclic amines) is 1. The summed E-state index contributed by atoms with van der Waals surface area (Å²) in [4.78, 5) is 13.2. The fourth-order valence-corrected chi connectivity index (χ4v) is 1.64. The summed E-state index contributed by atoms with van der Waals surface area (Å²) in [7, 11) is 0. The number of hydrogen-bond acceptors (Lipinski definition) is 4. The predicted molar refractivity (Wildman–Crippen MR) is 65.9 cm³/mol. The molecular weight excluding hydrogens is 220 g/mol. The Hall–Kier alpha value is -0.810. The molecule has 0 aromatic heterocycles. The maximum Gasteiger partial charge on any atom is 0.410 e. The SMILES string of the molecule is [2H]C([2H])([2H])C(N[C@H]1CN(C(=O)OC(C)(C)C)C[C@H]1O)C([2H])([2H])[2H]. The van der Waals surface area contributed by atoms with Crippen molar-refractivity contribution in [2.75, 3.05) is 13.1 Å². The van der Waals surface area contributed by atoms with Crippen molar-refractivity contribution >= 4 is 6.09 Å². The van der Waals surface area contributed by atoms with Crippen LogP contribution in [0.1, 0.15) is 42.7 Å². The first-order chi connectivity index (χ1) is 10.1. The molecule has 0 spiro atoms. The quantitative estimate of drug-likeness (QED) is 0.766. The van der Waals surface area contributed by atoms with Gasteiger partial charge in [0.15, 0.2) is 0 Å². The van der Waals surface area contributed by atoms with Crippen molar-refractivity contribution < 1.29 is 22.9 Å². The van der Waals surface area contributed by atoms with E-state index in [9.17, 15) is 9.90 Å². The first-order valence-corrected chi connectivity index (χ1v) is 5.53. The zero-order valence-electron chi connectivity index (χ0n) is 16.4. The molecule has 17 heavy (non-hydrogen) atoms. The number of rotatable bonds is 2. The van der Waals surface area contributed by atoms with Crippen LogP contribution in [0.3, 0.4) is 0 Å². The minimum atomic E-state index is -2.76. The normalized spacial score (nSPS) is 32.2. The second-order valence-electron chi connectivity index (χ2n) is 5.16. The van der Waals surface area contributed by atoms with Crippen LogP contribution < -0.4 is 5.32 Å². The van der Waals surface area contributed by atoms with Crippen molar-refractivity contribution in [1.82, 2.24) is 10.2 Å². The zero-order valence-corrected chi connectivity index (χ0v) is 10.4. The van der Waals surface area contributed by atoms with Gasteiger partial charge >= 0.3 is 6.09 Å². The molecule has 1 aliphatic heterocycles. The highest BCUT2D eigenvalue weighted by Gasteiger charge is 2.36. The number of aliphatic hydroxyl groups is 1. The largest absolute Gasteiger partial charge is 0.444 e. The van der Waals surface area contributed by atoms with Gasteiger partial charge in [0.2, 0.25) is 0 Å². The Kier molecular flexibility index (Phi) is 2.33. The molecule has 1 heterocycles. The molecule has 0 radical (unpaired) electrons. The third kappa shape index (κ3) is 4.52. The standard InChI is InChI=1S/C12H24N2O3/c1-8(2)13-9-6-14(7-10(9)15)11(16)17-12(3,4)5/h8-10,13,15H,6-7H2,1-5H3/t9-,10+/m0/s1/i1D3,2D3. The molecule has 1 fully saturated rings. The van der Waals surface area contributed by atoms with Gasteiger partial charge in [-0.2, -0.15) is 0 Å². The van der Waals surface area contributed by atoms with Crippen LogP contribution in [-0.4, -0.2) is 53.0 Å². The molecule has 2 N–H and O–H groups in total. The van der Waals surface area contributed by atoms with Gasteiger partial charge in [-0.25, -0.2) is 4.79 Å². The van der Waals surface area contributed by atoms with Crippen molar-refractivity contribution in [3.63, 3.8) is 0 Å². The molecule has 5 nitrogen and oxygen atoms in total. The molecule has 1 amide bonds. The van der Waals surface area contributed by atoms with E-state index in [2.05, 4.69) is 5.32 Å². The molecule has 0 unspecified atom stereocenters. The first kappa shape index (κ1) is 7.59. The summed E-state index contributed by atoms with van der Waals surface area (Å²) < 4.78 is 49.3. The molecule has 0 aromatic rings. The average molecular weight is 250 g/mol. The second kappa shape index (κ2) is 5.23. The smallest absolute Gasteiger partial charge is 0.410 e. The van der Waals surface area contributed by atoms with Crippen LogP contribution in [0.25, 0.3) is 0 Å². The maximum absolute atomic E-state index is 12.0. The summed E-state index contributed by atoms with van der Waals surface area (Å²) in [6.07, 6.45) is -1.71. The molecule has 1 aliphatic rings. The molecule has 5 heteroatoms. The fraction of sp³-hybridized carbons (Fsp3) is 0.917. The lowest BCUT2D eigenvalue weighted by Gasteiger charge is -2.24. The minimum Gasteiger partial charge on any atom is -0.444 e. The lowest BCUT2D eigenvalue weighted by molar-refractivity contribution is 0.0270. The number of amides is 1. The monoisotopic (exact) mass is 250 g/mol. The molecular formula is C12H24N2O3. The van der Waals surface area contributed by atoms with E-state index in [1.54, 1.807) is 20.8 Å². The van der Waals surface area contributed by atoms with E-state index in [-0.39, 0.29) is 13.1 Å². The Bertz CT molecular complexity index is 418. The Morgan fingerprint density at radius 1 is 1.53 bits per heavy atom. The number of nitrogens with zero attached hydrogens (tertiary/aromatic N) is 1. The van der Waals surface area contributed by atoms with Crippen molar-refractivity contribution in [1.29, 1.82) is 0 Å². The van der Waals surface area contributed by atoms with Gasteiger partial charge in [-0.05, 0) is 20.8 Å². The molecule has 1 rings (SSSR count). The summed E-state index contributed by atoms with van der Waals surface area (Å²) in [5, 5.41) is 12.5. The number of hydrogen-bond donors (Lipinski definition) is 2. The topological polar surface area (TPSA) is 61.8 Å². The first-order valence-electron chi connectivity index (χ1n) is 8.53. The fourth-order valence-electron chi connectivity index (χ4n) is 1.64. The van der Waals surface area contributed by atoms with E-state index < -0.39 is 43.6 Å². The van der Waals surface area contributed by atoms with Gasteiger partial charge in [-0.3, -0.25) is 0 Å². The van der Waals surface area contributed by atoms with E-state index in [0.717, 1.165) is 0 Å². The van der Waals surface area contributed by atoms with E-state index in [4.69, 9.17) is 13.0 Å². The maximum atomic E-state index is 12.0. The third-order valence-corrected chi connectivity index (χ3v) is 2.32. The summed E-state index contributed by atoms with van der Waals surface area (Å²) in [5.74, 6) is 0. The molecule has 0 aliphatic carbocycles. The third-order valence-electron chi connectivity index (χ3n) is 2.32. The molecule has 0 saturated carbocycles. The minimum absolute atomic E-state index is 0.0290. The van der Waals surface area contributed by atoms with Gasteiger partial charge in [0, 0.05) is 20.8 Å². The Morgan fingerprint density at radius 3 is 2.71 bits per heavy atom. The van der Waals surface area contributed by atoms with Crippen LogP contribution in [0.2, 0.25) is 0 Å². The van der Waals surface area contributed by atoms with E-state index in [1.165, 1.54) is 4.90 Å². The summed E-state index contributed by atoms with van der Waals surface area (Å²) >= 11 is 0. The highest BCUT2D eigenvalue weighted by Crippen LogP contribution is 2.16. The van der Waals surface area contributed by atoms with E-state index >= 15 is 0 Å². The van der Waals surface area contributed by atoms with Gasteiger partial charge in [-0.15, -0.1) is 0 Å². The van der Waals surface area contributed by atoms with Crippen LogP contribution in [-0.2, 0) is 4.74 Å². The van der Waals surface area contributed by atoms with Gasteiger partial charge in [0.05, 0.1) is 18.7 Å². The van der Waals surface area contributed by atoms with Crippen LogP contribution in [0.15, 0.2) is 0 Å². The Balaban J connectivity index is 2.77. The van der Waals surface area contributed by atoms with Gasteiger partial charge in [0.1, 0.15) is 5.60 Å². The molecule has 1 saturated heterocycles. The van der Waals surface area contributed by atoms with Gasteiger partial charge < -0.3 is 20.1 Å². The van der Waals surface area contributed by atoms with Crippen LogP contribution >= 0.6 is 0 Å².